The number of nitriles is 4. The molecule has 0 aliphatic heterocycles. The molecular formula is C30H26N4. The molecule has 0 heterocycles. The average Bonchev–Trinajstić information content (AvgIpc) is 2.91. The molecule has 0 saturated heterocycles. The van der Waals surface area contributed by atoms with Crippen LogP contribution in [0.25, 0.3) is 5.57 Å². The van der Waals surface area contributed by atoms with Crippen LogP contribution in [0.3, 0.4) is 0 Å². The first-order valence-corrected chi connectivity index (χ1v) is 11.2. The zero-order chi connectivity index (χ0) is 24.6. The van der Waals surface area contributed by atoms with Gasteiger partial charge in [0.2, 0.25) is 0 Å². The zero-order valence-corrected chi connectivity index (χ0v) is 19.2. The summed E-state index contributed by atoms with van der Waals surface area (Å²) in [5.41, 5.74) is 3.67. The fourth-order valence-corrected chi connectivity index (χ4v) is 3.66. The molecule has 0 spiro atoms. The third-order valence-corrected chi connectivity index (χ3v) is 5.38. The predicted molar refractivity (Wildman–Crippen MR) is 134 cm³/mol. The Morgan fingerprint density at radius 2 is 1.12 bits per heavy atom. The molecule has 3 rings (SSSR count). The minimum absolute atomic E-state index is 0.0520. The lowest BCUT2D eigenvalue weighted by Crippen LogP contribution is -2.09. The van der Waals surface area contributed by atoms with Crippen molar-refractivity contribution in [3.05, 3.63) is 113 Å². The van der Waals surface area contributed by atoms with Crippen LogP contribution in [0.4, 0.5) is 0 Å². The minimum atomic E-state index is -0.533. The van der Waals surface area contributed by atoms with E-state index >= 15 is 0 Å². The van der Waals surface area contributed by atoms with Crippen LogP contribution in [0, 0.1) is 51.2 Å². The second kappa shape index (κ2) is 14.4. The van der Waals surface area contributed by atoms with Crippen LogP contribution in [0.2, 0.25) is 0 Å². The lowest BCUT2D eigenvalue weighted by Gasteiger charge is -2.17. The Hall–Kier alpha value is -4.64. The lowest BCUT2D eigenvalue weighted by molar-refractivity contribution is 0.535. The smallest absolute Gasteiger partial charge is 0.140 e. The maximum atomic E-state index is 9.09. The van der Waals surface area contributed by atoms with Gasteiger partial charge in [-0.25, -0.2) is 0 Å². The fourth-order valence-electron chi connectivity index (χ4n) is 3.66. The van der Waals surface area contributed by atoms with Crippen LogP contribution in [0.1, 0.15) is 48.8 Å². The number of hydrogen-bond acceptors (Lipinski definition) is 4. The van der Waals surface area contributed by atoms with Crippen LogP contribution >= 0.6 is 0 Å². The molecule has 1 unspecified atom stereocenters. The normalized spacial score (nSPS) is 10.3. The molecule has 0 aromatic heterocycles. The van der Waals surface area contributed by atoms with Gasteiger partial charge in [-0.1, -0.05) is 111 Å². The van der Waals surface area contributed by atoms with E-state index in [0.717, 1.165) is 36.0 Å². The molecule has 0 saturated carbocycles. The van der Waals surface area contributed by atoms with E-state index in [9.17, 15) is 0 Å². The molecule has 0 N–H and O–H groups in total. The third kappa shape index (κ3) is 7.21. The van der Waals surface area contributed by atoms with Crippen molar-refractivity contribution >= 4 is 5.57 Å². The monoisotopic (exact) mass is 442 g/mol. The highest BCUT2D eigenvalue weighted by molar-refractivity contribution is 5.86. The molecule has 166 valence electrons. The topological polar surface area (TPSA) is 95.2 Å². The van der Waals surface area contributed by atoms with Gasteiger partial charge in [-0.2, -0.15) is 21.0 Å². The van der Waals surface area contributed by atoms with E-state index in [1.165, 1.54) is 0 Å². The molecule has 0 aliphatic rings. The van der Waals surface area contributed by atoms with E-state index in [-0.39, 0.29) is 11.5 Å². The van der Waals surface area contributed by atoms with Gasteiger partial charge in [-0.3, -0.25) is 0 Å². The van der Waals surface area contributed by atoms with E-state index in [1.807, 2.05) is 103 Å². The SMILES string of the molecule is CCCCC(c1ccccc1)C(C#N)C#N.N#CC(C#N)=C(c1ccccc1)c1ccccc1. The Morgan fingerprint density at radius 3 is 1.50 bits per heavy atom. The first-order valence-electron chi connectivity index (χ1n) is 11.2. The molecule has 0 aliphatic carbocycles. The van der Waals surface area contributed by atoms with Gasteiger partial charge in [0.15, 0.2) is 0 Å². The van der Waals surface area contributed by atoms with Crippen molar-refractivity contribution in [3.63, 3.8) is 0 Å². The van der Waals surface area contributed by atoms with Crippen molar-refractivity contribution in [1.82, 2.24) is 0 Å². The van der Waals surface area contributed by atoms with Crippen LogP contribution < -0.4 is 0 Å². The fraction of sp³-hybridized carbons (Fsp3) is 0.200. The van der Waals surface area contributed by atoms with E-state index in [4.69, 9.17) is 21.0 Å². The number of hydrogen-bond donors (Lipinski definition) is 0. The average molecular weight is 443 g/mol. The van der Waals surface area contributed by atoms with Gasteiger partial charge in [0.05, 0.1) is 12.1 Å². The van der Waals surface area contributed by atoms with Crippen molar-refractivity contribution in [1.29, 1.82) is 21.0 Å². The highest BCUT2D eigenvalue weighted by Gasteiger charge is 2.21. The maximum absolute atomic E-state index is 9.09. The summed E-state index contributed by atoms with van der Waals surface area (Å²) in [4.78, 5) is 0. The molecule has 0 amide bonds. The Bertz CT molecular complexity index is 1150. The van der Waals surface area contributed by atoms with Gasteiger partial charge in [0.1, 0.15) is 23.6 Å². The van der Waals surface area contributed by atoms with Gasteiger partial charge < -0.3 is 0 Å². The van der Waals surface area contributed by atoms with Gasteiger partial charge in [0, 0.05) is 11.5 Å². The molecular weight excluding hydrogens is 416 g/mol. The van der Waals surface area contributed by atoms with Crippen LogP contribution in [-0.4, -0.2) is 0 Å². The van der Waals surface area contributed by atoms with E-state index in [2.05, 4.69) is 19.1 Å². The van der Waals surface area contributed by atoms with E-state index in [0.29, 0.717) is 5.57 Å². The third-order valence-electron chi connectivity index (χ3n) is 5.38. The van der Waals surface area contributed by atoms with Gasteiger partial charge in [0.25, 0.3) is 0 Å². The Balaban J connectivity index is 0.000000242. The van der Waals surface area contributed by atoms with E-state index in [1.54, 1.807) is 0 Å². The van der Waals surface area contributed by atoms with Crippen molar-refractivity contribution < 1.29 is 0 Å². The van der Waals surface area contributed by atoms with Gasteiger partial charge in [-0.05, 0) is 23.1 Å². The molecule has 4 nitrogen and oxygen atoms in total. The van der Waals surface area contributed by atoms with Gasteiger partial charge in [-0.15, -0.1) is 0 Å². The highest BCUT2D eigenvalue weighted by Crippen LogP contribution is 2.29. The molecule has 0 bridgehead atoms. The first kappa shape index (κ1) is 25.6. The molecule has 1 atom stereocenters. The number of allylic oxidation sites excluding steroid dienone is 1. The Morgan fingerprint density at radius 1 is 0.676 bits per heavy atom. The molecule has 34 heavy (non-hydrogen) atoms. The molecule has 3 aromatic rings. The minimum Gasteiger partial charge on any atom is -0.197 e. The summed E-state index contributed by atoms with van der Waals surface area (Å²) in [5, 5.41) is 36.1. The maximum Gasteiger partial charge on any atom is 0.140 e. The van der Waals surface area contributed by atoms with Crippen LogP contribution in [0.15, 0.2) is 96.6 Å². The summed E-state index contributed by atoms with van der Waals surface area (Å²) in [5.74, 6) is -0.481. The van der Waals surface area contributed by atoms with Crippen molar-refractivity contribution in [3.8, 4) is 24.3 Å². The summed E-state index contributed by atoms with van der Waals surface area (Å²) < 4.78 is 0. The van der Waals surface area contributed by atoms with Crippen molar-refractivity contribution in [2.75, 3.05) is 0 Å². The number of unbranched alkanes of at least 4 members (excludes halogenated alkanes) is 1. The second-order valence-electron chi connectivity index (χ2n) is 7.60. The van der Waals surface area contributed by atoms with Crippen molar-refractivity contribution in [2.45, 2.75) is 32.1 Å². The summed E-state index contributed by atoms with van der Waals surface area (Å²) >= 11 is 0. The Labute approximate surface area is 202 Å². The molecule has 3 aromatic carbocycles. The summed E-state index contributed by atoms with van der Waals surface area (Å²) in [6.07, 6.45) is 3.05. The van der Waals surface area contributed by atoms with Gasteiger partial charge >= 0.3 is 0 Å². The predicted octanol–water partition coefficient (Wildman–Crippen LogP) is 7.16. The summed E-state index contributed by atoms with van der Waals surface area (Å²) in [6, 6.07) is 37.0. The number of nitrogens with zero attached hydrogens (tertiary/aromatic N) is 4. The second-order valence-corrected chi connectivity index (χ2v) is 7.60. The molecule has 0 radical (unpaired) electrons. The standard InChI is InChI=1S/C16H10N2.C14H16N2/c17-11-15(12-18)16(13-7-3-1-4-8-13)14-9-5-2-6-10-14;1-2-3-9-14(13(10-15)11-16)12-7-5-4-6-8-12/h1-10H;4-8,13-14H,2-3,9H2,1H3. The quantitative estimate of drug-likeness (QED) is 0.363. The lowest BCUT2D eigenvalue weighted by atomic mass is 9.84. The largest absolute Gasteiger partial charge is 0.197 e. The molecule has 4 heteroatoms. The summed E-state index contributed by atoms with van der Waals surface area (Å²) in [6.45, 7) is 2.12. The van der Waals surface area contributed by atoms with Crippen molar-refractivity contribution in [2.24, 2.45) is 5.92 Å². The highest BCUT2D eigenvalue weighted by atomic mass is 14.4. The van der Waals surface area contributed by atoms with E-state index < -0.39 is 5.92 Å². The number of benzene rings is 3. The Kier molecular flexibility index (Phi) is 10.9. The first-order chi connectivity index (χ1) is 16.7. The van der Waals surface area contributed by atoms with Crippen LogP contribution in [-0.2, 0) is 0 Å². The summed E-state index contributed by atoms with van der Waals surface area (Å²) in [7, 11) is 0. The zero-order valence-electron chi connectivity index (χ0n) is 19.2. The number of rotatable bonds is 7. The molecule has 0 fully saturated rings. The van der Waals surface area contributed by atoms with Crippen LogP contribution in [0.5, 0.6) is 0 Å².